The van der Waals surface area contributed by atoms with Crippen molar-refractivity contribution in [3.05, 3.63) is 34.9 Å². The first-order chi connectivity index (χ1) is 11.2. The van der Waals surface area contributed by atoms with Crippen LogP contribution in [0.3, 0.4) is 0 Å². The molecular formula is C17H11N3O2S. The van der Waals surface area contributed by atoms with Gasteiger partial charge in [-0.25, -0.2) is 0 Å². The van der Waals surface area contributed by atoms with Gasteiger partial charge in [-0.1, -0.05) is 6.07 Å². The molecule has 5 nitrogen and oxygen atoms in total. The van der Waals surface area contributed by atoms with E-state index in [0.29, 0.717) is 22.6 Å². The molecule has 2 N–H and O–H groups in total. The van der Waals surface area contributed by atoms with Crippen LogP contribution >= 0.6 is 11.8 Å². The van der Waals surface area contributed by atoms with Gasteiger partial charge in [-0.05, 0) is 29.7 Å². The van der Waals surface area contributed by atoms with Crippen molar-refractivity contribution < 1.29 is 9.47 Å². The molecule has 0 aliphatic carbocycles. The Morgan fingerprint density at radius 3 is 2.65 bits per heavy atom. The fraction of sp³-hybridized carbons (Fsp3) is 0.176. The van der Waals surface area contributed by atoms with Crippen LogP contribution in [-0.2, 0) is 6.42 Å². The molecule has 0 spiro atoms. The maximum atomic E-state index is 9.60. The van der Waals surface area contributed by atoms with Crippen LogP contribution in [0.2, 0.25) is 0 Å². The molecule has 2 aromatic carbocycles. The normalized spacial score (nSPS) is 14.2. The van der Waals surface area contributed by atoms with E-state index in [9.17, 15) is 10.5 Å². The second kappa shape index (κ2) is 5.12. The first-order valence-corrected chi connectivity index (χ1v) is 8.04. The summed E-state index contributed by atoms with van der Waals surface area (Å²) in [7, 11) is 0. The van der Waals surface area contributed by atoms with E-state index in [0.717, 1.165) is 33.8 Å². The number of hydrogen-bond acceptors (Lipinski definition) is 6. The van der Waals surface area contributed by atoms with Crippen LogP contribution in [0, 0.1) is 22.7 Å². The largest absolute Gasteiger partial charge is 0.454 e. The lowest BCUT2D eigenvalue weighted by molar-refractivity contribution is 0.174. The molecule has 2 aliphatic rings. The highest BCUT2D eigenvalue weighted by Gasteiger charge is 2.28. The summed E-state index contributed by atoms with van der Waals surface area (Å²) in [5.74, 6) is 2.24. The Labute approximate surface area is 137 Å². The Kier molecular flexibility index (Phi) is 3.07. The van der Waals surface area contributed by atoms with Crippen LogP contribution in [-0.4, -0.2) is 12.5 Å². The minimum atomic E-state index is 0.201. The van der Waals surface area contributed by atoms with Crippen LogP contribution in [0.15, 0.2) is 23.1 Å². The van der Waals surface area contributed by atoms with Crippen molar-refractivity contribution in [2.75, 3.05) is 18.3 Å². The summed E-state index contributed by atoms with van der Waals surface area (Å²) in [5, 5.41) is 19.0. The number of anilines is 1. The number of nitrogen functional groups attached to an aromatic ring is 1. The molecule has 6 heteroatoms. The minimum absolute atomic E-state index is 0.201. The van der Waals surface area contributed by atoms with Gasteiger partial charge in [0.25, 0.3) is 0 Å². The smallest absolute Gasteiger partial charge is 0.231 e. The molecule has 0 unspecified atom stereocenters. The number of nitrogens with two attached hydrogens (primary N) is 1. The van der Waals surface area contributed by atoms with Crippen molar-refractivity contribution in [2.24, 2.45) is 0 Å². The molecule has 0 saturated heterocycles. The minimum Gasteiger partial charge on any atom is -0.454 e. The van der Waals surface area contributed by atoms with Crippen LogP contribution in [0.4, 0.5) is 5.69 Å². The zero-order valence-corrected chi connectivity index (χ0v) is 12.9. The van der Waals surface area contributed by atoms with Gasteiger partial charge < -0.3 is 15.2 Å². The quantitative estimate of drug-likeness (QED) is 0.812. The molecule has 0 atom stereocenters. The van der Waals surface area contributed by atoms with Crippen molar-refractivity contribution in [3.63, 3.8) is 0 Å². The van der Waals surface area contributed by atoms with Gasteiger partial charge in [-0.15, -0.1) is 11.8 Å². The third-order valence-corrected chi connectivity index (χ3v) is 5.22. The van der Waals surface area contributed by atoms with Crippen LogP contribution in [0.25, 0.3) is 11.1 Å². The maximum Gasteiger partial charge on any atom is 0.231 e. The van der Waals surface area contributed by atoms with Crippen LogP contribution in [0.1, 0.15) is 16.7 Å². The summed E-state index contributed by atoms with van der Waals surface area (Å²) in [6.07, 6.45) is 0.788. The predicted octanol–water partition coefficient (Wildman–Crippen LogP) is 3.06. The Morgan fingerprint density at radius 1 is 1.09 bits per heavy atom. The summed E-state index contributed by atoms with van der Waals surface area (Å²) in [5.41, 5.74) is 9.77. The van der Waals surface area contributed by atoms with Crippen molar-refractivity contribution in [1.82, 2.24) is 0 Å². The third-order valence-electron chi connectivity index (χ3n) is 4.07. The van der Waals surface area contributed by atoms with E-state index in [1.807, 2.05) is 18.2 Å². The fourth-order valence-electron chi connectivity index (χ4n) is 3.02. The van der Waals surface area contributed by atoms with E-state index in [1.54, 1.807) is 11.8 Å². The van der Waals surface area contributed by atoms with E-state index in [2.05, 4.69) is 12.1 Å². The first kappa shape index (κ1) is 13.8. The number of nitriles is 2. The maximum absolute atomic E-state index is 9.60. The average molecular weight is 321 g/mol. The van der Waals surface area contributed by atoms with Gasteiger partial charge >= 0.3 is 0 Å². The number of thioether (sulfide) groups is 1. The summed E-state index contributed by atoms with van der Waals surface area (Å²) in [4.78, 5) is 0.978. The second-order valence-corrected chi connectivity index (χ2v) is 6.34. The highest BCUT2D eigenvalue weighted by Crippen LogP contribution is 2.47. The van der Waals surface area contributed by atoms with Crippen molar-refractivity contribution in [3.8, 4) is 34.8 Å². The number of benzene rings is 2. The summed E-state index contributed by atoms with van der Waals surface area (Å²) < 4.78 is 10.8. The van der Waals surface area contributed by atoms with E-state index < -0.39 is 0 Å². The number of rotatable bonds is 1. The molecule has 0 fully saturated rings. The Balaban J connectivity index is 2.03. The zero-order valence-electron chi connectivity index (χ0n) is 12.0. The number of fused-ring (bicyclic) bond motifs is 2. The van der Waals surface area contributed by atoms with Gasteiger partial charge in [0, 0.05) is 16.2 Å². The van der Waals surface area contributed by atoms with Gasteiger partial charge in [0.1, 0.15) is 12.1 Å². The molecule has 2 heterocycles. The van der Waals surface area contributed by atoms with Crippen LogP contribution < -0.4 is 15.2 Å². The summed E-state index contributed by atoms with van der Waals surface area (Å²) in [6.45, 7) is 0.201. The number of nitrogens with zero attached hydrogens (tertiary/aromatic N) is 2. The molecule has 4 rings (SSSR count). The number of hydrogen-bond donors (Lipinski definition) is 1. The first-order valence-electron chi connectivity index (χ1n) is 7.06. The van der Waals surface area contributed by atoms with Crippen molar-refractivity contribution >= 4 is 17.4 Å². The molecular weight excluding hydrogens is 310 g/mol. The summed E-state index contributed by atoms with van der Waals surface area (Å²) >= 11 is 1.66. The molecule has 112 valence electrons. The summed E-state index contributed by atoms with van der Waals surface area (Å²) in [6, 6.07) is 9.92. The lowest BCUT2D eigenvalue weighted by Gasteiger charge is -2.15. The van der Waals surface area contributed by atoms with Gasteiger partial charge in [0.15, 0.2) is 11.5 Å². The highest BCUT2D eigenvalue weighted by atomic mass is 32.2. The van der Waals surface area contributed by atoms with Crippen molar-refractivity contribution in [1.29, 1.82) is 10.5 Å². The topological polar surface area (TPSA) is 92.1 Å². The van der Waals surface area contributed by atoms with Crippen molar-refractivity contribution in [2.45, 2.75) is 11.3 Å². The van der Waals surface area contributed by atoms with Gasteiger partial charge in [0.05, 0.1) is 16.8 Å². The standard InChI is InChI=1S/C17H11N3O2S/c18-6-11-10-3-4-23-17(10)15(12(7-19)16(11)20)9-1-2-13-14(5-9)22-8-21-13/h1-2,5H,3-4,8,20H2. The third kappa shape index (κ3) is 1.93. The molecule has 0 amide bonds. The van der Waals surface area contributed by atoms with Crippen LogP contribution in [0.5, 0.6) is 11.5 Å². The zero-order chi connectivity index (χ0) is 16.0. The number of ether oxygens (including phenoxy) is 2. The van der Waals surface area contributed by atoms with Gasteiger partial charge in [0.2, 0.25) is 6.79 Å². The Morgan fingerprint density at radius 2 is 1.87 bits per heavy atom. The average Bonchev–Trinajstić information content (AvgIpc) is 3.21. The molecule has 2 aliphatic heterocycles. The van der Waals surface area contributed by atoms with E-state index >= 15 is 0 Å². The second-order valence-electron chi connectivity index (χ2n) is 5.24. The molecule has 0 aromatic heterocycles. The molecule has 2 aromatic rings. The molecule has 0 bridgehead atoms. The van der Waals surface area contributed by atoms with E-state index in [1.165, 1.54) is 0 Å². The Bertz CT molecular complexity index is 921. The van der Waals surface area contributed by atoms with Gasteiger partial charge in [-0.2, -0.15) is 10.5 Å². The lowest BCUT2D eigenvalue weighted by atomic mass is 9.91. The van der Waals surface area contributed by atoms with Gasteiger partial charge in [-0.3, -0.25) is 0 Å². The van der Waals surface area contributed by atoms with E-state index in [4.69, 9.17) is 15.2 Å². The molecule has 0 radical (unpaired) electrons. The Hall–Kier alpha value is -2.83. The monoisotopic (exact) mass is 321 g/mol. The lowest BCUT2D eigenvalue weighted by Crippen LogP contribution is -2.03. The molecule has 0 saturated carbocycles. The highest BCUT2D eigenvalue weighted by molar-refractivity contribution is 7.99. The SMILES string of the molecule is N#Cc1c(N)c(C#N)c(-c2ccc3c(c2)OCO3)c2c1CCS2. The van der Waals surface area contributed by atoms with E-state index in [-0.39, 0.29) is 12.5 Å². The predicted molar refractivity (Wildman–Crippen MR) is 86.3 cm³/mol. The molecule has 23 heavy (non-hydrogen) atoms. The fourth-order valence-corrected chi connectivity index (χ4v) is 4.28.